The van der Waals surface area contributed by atoms with Crippen LogP contribution in [0.25, 0.3) is 11.8 Å². The molecule has 1 aromatic carbocycles. The molecule has 2 heterocycles. The molecule has 0 aliphatic carbocycles. The Morgan fingerprint density at radius 3 is 2.54 bits per heavy atom. The molecule has 0 saturated heterocycles. The number of nitrogens with zero attached hydrogens (tertiary/aromatic N) is 3. The van der Waals surface area contributed by atoms with E-state index in [1.54, 1.807) is 67.2 Å². The third kappa shape index (κ3) is 3.17. The summed E-state index contributed by atoms with van der Waals surface area (Å²) in [4.78, 5) is 16.8. The molecule has 0 bridgehead atoms. The first-order valence-electron chi connectivity index (χ1n) is 8.03. The van der Waals surface area contributed by atoms with Crippen LogP contribution in [0.1, 0.15) is 27.3 Å². The number of nitriles is 1. The standard InChI is InChI=1S/C21H16FN3O/c1-14-11-18(15(2)25(14)20-6-4-3-5-19(20)22)21(26)17(13-23)12-16-7-9-24-10-8-16/h3-12H,1-2H3/b17-12-. The predicted molar refractivity (Wildman–Crippen MR) is 97.4 cm³/mol. The summed E-state index contributed by atoms with van der Waals surface area (Å²) in [5.74, 6) is -0.763. The molecule has 0 N–H and O–H groups in total. The monoisotopic (exact) mass is 345 g/mol. The molecule has 26 heavy (non-hydrogen) atoms. The van der Waals surface area contributed by atoms with Crippen LogP contribution in [0.4, 0.5) is 4.39 Å². The Morgan fingerprint density at radius 1 is 1.19 bits per heavy atom. The van der Waals surface area contributed by atoms with E-state index in [9.17, 15) is 14.4 Å². The number of hydrogen-bond acceptors (Lipinski definition) is 3. The van der Waals surface area contributed by atoms with Crippen molar-refractivity contribution in [2.75, 3.05) is 0 Å². The lowest BCUT2D eigenvalue weighted by Crippen LogP contribution is -2.06. The van der Waals surface area contributed by atoms with Crippen LogP contribution in [0.2, 0.25) is 0 Å². The fourth-order valence-corrected chi connectivity index (χ4v) is 2.92. The van der Waals surface area contributed by atoms with Gasteiger partial charge in [0.25, 0.3) is 0 Å². The summed E-state index contributed by atoms with van der Waals surface area (Å²) in [5.41, 5.74) is 2.80. The fraction of sp³-hybridized carbons (Fsp3) is 0.0952. The minimum atomic E-state index is -0.389. The summed E-state index contributed by atoms with van der Waals surface area (Å²) < 4.78 is 15.9. The number of Topliss-reactive ketones (excluding diaryl/α,β-unsaturated/α-hetero) is 1. The lowest BCUT2D eigenvalue weighted by molar-refractivity contribution is 0.103. The van der Waals surface area contributed by atoms with Gasteiger partial charge in [0.2, 0.25) is 5.78 Å². The number of aromatic nitrogens is 2. The van der Waals surface area contributed by atoms with Gasteiger partial charge >= 0.3 is 0 Å². The molecule has 5 heteroatoms. The highest BCUT2D eigenvalue weighted by Crippen LogP contribution is 2.25. The van der Waals surface area contributed by atoms with Gasteiger partial charge in [-0.05, 0) is 55.8 Å². The molecule has 2 aromatic heterocycles. The van der Waals surface area contributed by atoms with Crippen molar-refractivity contribution in [1.29, 1.82) is 5.26 Å². The molecular formula is C21H16FN3O. The van der Waals surface area contributed by atoms with Crippen molar-refractivity contribution < 1.29 is 9.18 Å². The number of aryl methyl sites for hydroxylation is 1. The number of para-hydroxylation sites is 1. The van der Waals surface area contributed by atoms with Gasteiger partial charge in [-0.25, -0.2) is 4.39 Å². The minimum Gasteiger partial charge on any atom is -0.315 e. The molecule has 0 radical (unpaired) electrons. The van der Waals surface area contributed by atoms with E-state index in [4.69, 9.17) is 0 Å². The van der Waals surface area contributed by atoms with Crippen LogP contribution in [0.15, 0.2) is 60.4 Å². The maximum absolute atomic E-state index is 14.2. The van der Waals surface area contributed by atoms with Crippen LogP contribution in [0, 0.1) is 31.0 Å². The van der Waals surface area contributed by atoms with Gasteiger partial charge in [-0.2, -0.15) is 5.26 Å². The number of carbonyl (C=O) groups excluding carboxylic acids is 1. The topological polar surface area (TPSA) is 58.7 Å². The van der Waals surface area contributed by atoms with Crippen molar-refractivity contribution in [2.24, 2.45) is 0 Å². The molecule has 0 unspecified atom stereocenters. The summed E-state index contributed by atoms with van der Waals surface area (Å²) in [6, 6.07) is 13.5. The molecule has 128 valence electrons. The quantitative estimate of drug-likeness (QED) is 0.399. The normalized spacial score (nSPS) is 11.2. The Bertz CT molecular complexity index is 1040. The number of pyridine rings is 1. The number of allylic oxidation sites excluding steroid dienone is 1. The maximum atomic E-state index is 14.2. The van der Waals surface area contributed by atoms with Crippen LogP contribution in [0.3, 0.4) is 0 Å². The number of carbonyl (C=O) groups is 1. The molecule has 0 aliphatic heterocycles. The number of halogens is 1. The summed E-state index contributed by atoms with van der Waals surface area (Å²) in [6.07, 6.45) is 4.71. The van der Waals surface area contributed by atoms with Crippen LogP contribution < -0.4 is 0 Å². The van der Waals surface area contributed by atoms with Gasteiger partial charge in [0, 0.05) is 29.3 Å². The van der Waals surface area contributed by atoms with Crippen LogP contribution in [-0.4, -0.2) is 15.3 Å². The smallest absolute Gasteiger partial charge is 0.205 e. The first-order chi connectivity index (χ1) is 12.5. The first kappa shape index (κ1) is 17.3. The Hall–Kier alpha value is -3.52. The number of ketones is 1. The molecule has 4 nitrogen and oxygen atoms in total. The first-order valence-corrected chi connectivity index (χ1v) is 8.03. The van der Waals surface area contributed by atoms with Crippen molar-refractivity contribution in [2.45, 2.75) is 13.8 Å². The molecule has 0 amide bonds. The second-order valence-corrected chi connectivity index (χ2v) is 5.85. The molecule has 0 fully saturated rings. The van der Waals surface area contributed by atoms with E-state index in [1.807, 2.05) is 6.07 Å². The summed E-state index contributed by atoms with van der Waals surface area (Å²) in [5, 5.41) is 9.43. The lowest BCUT2D eigenvalue weighted by atomic mass is 10.0. The molecule has 0 aliphatic rings. The van der Waals surface area contributed by atoms with Crippen molar-refractivity contribution in [3.8, 4) is 11.8 Å². The van der Waals surface area contributed by atoms with Gasteiger partial charge in [0.15, 0.2) is 0 Å². The van der Waals surface area contributed by atoms with E-state index < -0.39 is 0 Å². The largest absolute Gasteiger partial charge is 0.315 e. The summed E-state index contributed by atoms with van der Waals surface area (Å²) in [7, 11) is 0. The van der Waals surface area contributed by atoms with E-state index in [2.05, 4.69) is 4.98 Å². The Morgan fingerprint density at radius 2 is 1.88 bits per heavy atom. The average Bonchev–Trinajstić information content (AvgIpc) is 2.95. The van der Waals surface area contributed by atoms with Gasteiger partial charge in [-0.1, -0.05) is 12.1 Å². The van der Waals surface area contributed by atoms with E-state index in [0.29, 0.717) is 22.5 Å². The maximum Gasteiger partial charge on any atom is 0.205 e. The van der Waals surface area contributed by atoms with Gasteiger partial charge in [-0.3, -0.25) is 9.78 Å². The lowest BCUT2D eigenvalue weighted by Gasteiger charge is -2.10. The molecule has 0 spiro atoms. The van der Waals surface area contributed by atoms with Gasteiger partial charge in [-0.15, -0.1) is 0 Å². The highest BCUT2D eigenvalue weighted by molar-refractivity contribution is 6.14. The van der Waals surface area contributed by atoms with Gasteiger partial charge in [0.05, 0.1) is 5.69 Å². The van der Waals surface area contributed by atoms with Crippen molar-refractivity contribution >= 4 is 11.9 Å². The zero-order valence-electron chi connectivity index (χ0n) is 14.4. The van der Waals surface area contributed by atoms with E-state index in [0.717, 1.165) is 5.69 Å². The summed E-state index contributed by atoms with van der Waals surface area (Å²) in [6.45, 7) is 3.54. The van der Waals surface area contributed by atoms with Crippen LogP contribution >= 0.6 is 0 Å². The van der Waals surface area contributed by atoms with Crippen LogP contribution in [-0.2, 0) is 0 Å². The number of rotatable bonds is 4. The second-order valence-electron chi connectivity index (χ2n) is 5.85. The highest BCUT2D eigenvalue weighted by Gasteiger charge is 2.21. The van der Waals surface area contributed by atoms with E-state index >= 15 is 0 Å². The number of benzene rings is 1. The highest BCUT2D eigenvalue weighted by atomic mass is 19.1. The Labute approximate surface area is 150 Å². The zero-order valence-corrected chi connectivity index (χ0v) is 14.4. The van der Waals surface area contributed by atoms with E-state index in [1.165, 1.54) is 12.1 Å². The molecule has 3 rings (SSSR count). The predicted octanol–water partition coefficient (Wildman–Crippen LogP) is 4.42. The average molecular weight is 345 g/mol. The molecule has 3 aromatic rings. The summed E-state index contributed by atoms with van der Waals surface area (Å²) >= 11 is 0. The zero-order chi connectivity index (χ0) is 18.7. The Balaban J connectivity index is 2.07. The van der Waals surface area contributed by atoms with Crippen LogP contribution in [0.5, 0.6) is 0 Å². The number of hydrogen-bond donors (Lipinski definition) is 0. The molecule has 0 atom stereocenters. The van der Waals surface area contributed by atoms with Crippen molar-refractivity contribution in [3.05, 3.63) is 88.8 Å². The molecular weight excluding hydrogens is 329 g/mol. The van der Waals surface area contributed by atoms with Crippen molar-refractivity contribution in [1.82, 2.24) is 9.55 Å². The third-order valence-electron chi connectivity index (χ3n) is 4.15. The molecule has 0 saturated carbocycles. The minimum absolute atomic E-state index is 0.0185. The third-order valence-corrected chi connectivity index (χ3v) is 4.15. The van der Waals surface area contributed by atoms with Gasteiger partial charge < -0.3 is 4.57 Å². The SMILES string of the molecule is Cc1cc(C(=O)/C(C#N)=C\c2ccncc2)c(C)n1-c1ccccc1F. The Kier molecular flexibility index (Phi) is 4.76. The second kappa shape index (κ2) is 7.16. The fourth-order valence-electron chi connectivity index (χ4n) is 2.92. The van der Waals surface area contributed by atoms with E-state index in [-0.39, 0.29) is 17.2 Å². The van der Waals surface area contributed by atoms with Gasteiger partial charge in [0.1, 0.15) is 17.5 Å². The van der Waals surface area contributed by atoms with Crippen molar-refractivity contribution in [3.63, 3.8) is 0 Å².